The molecule has 1 fully saturated rings. The lowest BCUT2D eigenvalue weighted by Gasteiger charge is -2.14. The van der Waals surface area contributed by atoms with Gasteiger partial charge in [0.1, 0.15) is 0 Å². The molecule has 0 aromatic heterocycles. The summed E-state index contributed by atoms with van der Waals surface area (Å²) in [6, 6.07) is 0. The van der Waals surface area contributed by atoms with Crippen LogP contribution in [0, 0.1) is 0 Å². The highest BCUT2D eigenvalue weighted by atomic mass is 35.5. The number of halogens is 1. The first-order chi connectivity index (χ1) is 6.33. The number of rotatable bonds is 5. The fraction of sp³-hybridized carbons (Fsp3) is 0.889. The zero-order valence-electron chi connectivity index (χ0n) is 7.89. The summed E-state index contributed by atoms with van der Waals surface area (Å²) in [6.07, 6.45) is 3.03. The summed E-state index contributed by atoms with van der Waals surface area (Å²) in [4.78, 5) is 13.4. The van der Waals surface area contributed by atoms with Crippen LogP contribution in [0.5, 0.6) is 0 Å². The van der Waals surface area contributed by atoms with Crippen LogP contribution >= 0.6 is 11.6 Å². The van der Waals surface area contributed by atoms with Gasteiger partial charge < -0.3 is 10.2 Å². The first-order valence-electron chi connectivity index (χ1n) is 4.88. The van der Waals surface area contributed by atoms with Crippen molar-refractivity contribution >= 4 is 17.5 Å². The normalized spacial score (nSPS) is 17.6. The van der Waals surface area contributed by atoms with Crippen LogP contribution in [0.25, 0.3) is 0 Å². The van der Waals surface area contributed by atoms with Crippen LogP contribution in [0.3, 0.4) is 0 Å². The molecule has 4 heteroatoms. The smallest absolute Gasteiger partial charge is 0.221 e. The maximum absolute atomic E-state index is 11.0. The molecular formula is C9H17ClN2O. The number of carbonyl (C=O) groups is 1. The van der Waals surface area contributed by atoms with Crippen LogP contribution < -0.4 is 5.32 Å². The summed E-state index contributed by atoms with van der Waals surface area (Å²) in [5.74, 6) is 0.476. The van der Waals surface area contributed by atoms with E-state index in [9.17, 15) is 4.79 Å². The molecule has 0 aromatic carbocycles. The van der Waals surface area contributed by atoms with Crippen LogP contribution in [0.2, 0.25) is 0 Å². The van der Waals surface area contributed by atoms with Crippen molar-refractivity contribution in [1.29, 1.82) is 0 Å². The van der Waals surface area contributed by atoms with E-state index in [-0.39, 0.29) is 5.91 Å². The number of hydrogen-bond donors (Lipinski definition) is 1. The second kappa shape index (κ2) is 6.22. The van der Waals surface area contributed by atoms with Crippen molar-refractivity contribution in [3.63, 3.8) is 0 Å². The van der Waals surface area contributed by atoms with Crippen molar-refractivity contribution in [2.75, 3.05) is 32.1 Å². The van der Waals surface area contributed by atoms with Gasteiger partial charge in [-0.1, -0.05) is 0 Å². The molecule has 1 amide bonds. The van der Waals surface area contributed by atoms with Gasteiger partial charge in [0.2, 0.25) is 5.91 Å². The van der Waals surface area contributed by atoms with Crippen molar-refractivity contribution in [2.45, 2.75) is 19.3 Å². The molecule has 3 nitrogen and oxygen atoms in total. The molecule has 1 rings (SSSR count). The second-order valence-electron chi connectivity index (χ2n) is 3.34. The Morgan fingerprint density at radius 1 is 1.38 bits per heavy atom. The molecule has 0 radical (unpaired) electrons. The minimum Gasteiger partial charge on any atom is -0.355 e. The maximum atomic E-state index is 11.0. The summed E-state index contributed by atoms with van der Waals surface area (Å²) in [5.41, 5.74) is 0. The van der Waals surface area contributed by atoms with Crippen LogP contribution in [0.1, 0.15) is 19.3 Å². The second-order valence-corrected chi connectivity index (χ2v) is 3.72. The summed E-state index contributed by atoms with van der Waals surface area (Å²) >= 11 is 5.43. The fourth-order valence-corrected chi connectivity index (χ4v) is 1.71. The number of carbonyl (C=O) groups excluding carboxylic acids is 1. The van der Waals surface area contributed by atoms with Gasteiger partial charge in [0, 0.05) is 25.4 Å². The Kier molecular flexibility index (Phi) is 5.16. The predicted molar refractivity (Wildman–Crippen MR) is 54.0 cm³/mol. The summed E-state index contributed by atoms with van der Waals surface area (Å²) in [7, 11) is 0. The highest BCUT2D eigenvalue weighted by Crippen LogP contribution is 2.05. The highest BCUT2D eigenvalue weighted by Gasteiger charge is 2.10. The maximum Gasteiger partial charge on any atom is 0.221 e. The third-order valence-electron chi connectivity index (χ3n) is 2.27. The average Bonchev–Trinajstić information content (AvgIpc) is 2.57. The summed E-state index contributed by atoms with van der Waals surface area (Å²) in [5, 5.41) is 2.85. The van der Waals surface area contributed by atoms with Gasteiger partial charge in [0.05, 0.1) is 0 Å². The van der Waals surface area contributed by atoms with Gasteiger partial charge in [-0.25, -0.2) is 0 Å². The van der Waals surface area contributed by atoms with Crippen LogP contribution in [-0.4, -0.2) is 42.9 Å². The molecule has 0 bridgehead atoms. The van der Waals surface area contributed by atoms with Crippen molar-refractivity contribution in [3.05, 3.63) is 0 Å². The molecular weight excluding hydrogens is 188 g/mol. The van der Waals surface area contributed by atoms with E-state index in [0.717, 1.165) is 13.1 Å². The lowest BCUT2D eigenvalue weighted by molar-refractivity contribution is -0.120. The van der Waals surface area contributed by atoms with E-state index in [1.165, 1.54) is 25.9 Å². The minimum atomic E-state index is 0.0641. The zero-order chi connectivity index (χ0) is 9.52. The van der Waals surface area contributed by atoms with E-state index >= 15 is 0 Å². The molecule has 1 heterocycles. The molecule has 1 saturated heterocycles. The number of amides is 1. The number of nitrogens with zero attached hydrogens (tertiary/aromatic N) is 1. The van der Waals surface area contributed by atoms with Gasteiger partial charge in [-0.15, -0.1) is 11.6 Å². The van der Waals surface area contributed by atoms with Gasteiger partial charge in [-0.3, -0.25) is 4.79 Å². The van der Waals surface area contributed by atoms with E-state index in [1.807, 2.05) is 0 Å². The van der Waals surface area contributed by atoms with Gasteiger partial charge in [0.15, 0.2) is 0 Å². The first kappa shape index (κ1) is 10.8. The third-order valence-corrected chi connectivity index (χ3v) is 2.46. The van der Waals surface area contributed by atoms with E-state index in [0.29, 0.717) is 12.3 Å². The molecule has 76 valence electrons. The van der Waals surface area contributed by atoms with Gasteiger partial charge in [0.25, 0.3) is 0 Å². The average molecular weight is 205 g/mol. The number of likely N-dealkylation sites (tertiary alicyclic amines) is 1. The Labute approximate surface area is 84.4 Å². The summed E-state index contributed by atoms with van der Waals surface area (Å²) in [6.45, 7) is 4.11. The third kappa shape index (κ3) is 4.48. The number of hydrogen-bond acceptors (Lipinski definition) is 2. The van der Waals surface area contributed by atoms with Crippen molar-refractivity contribution in [3.8, 4) is 0 Å². The van der Waals surface area contributed by atoms with E-state index < -0.39 is 0 Å². The largest absolute Gasteiger partial charge is 0.355 e. The molecule has 1 N–H and O–H groups in total. The zero-order valence-corrected chi connectivity index (χ0v) is 8.65. The molecule has 0 atom stereocenters. The van der Waals surface area contributed by atoms with E-state index in [1.54, 1.807) is 0 Å². The topological polar surface area (TPSA) is 32.3 Å². The minimum absolute atomic E-state index is 0.0641. The Balaban J connectivity index is 1.96. The van der Waals surface area contributed by atoms with Gasteiger partial charge >= 0.3 is 0 Å². The van der Waals surface area contributed by atoms with Gasteiger partial charge in [-0.05, 0) is 25.9 Å². The molecule has 0 unspecified atom stereocenters. The first-order valence-corrected chi connectivity index (χ1v) is 5.41. The number of alkyl halides is 1. The lowest BCUT2D eigenvalue weighted by atomic mass is 10.4. The standard InChI is InChI=1S/C9H17ClN2O/c10-4-3-9(13)11-5-8-12-6-1-2-7-12/h1-8H2,(H,11,13). The van der Waals surface area contributed by atoms with E-state index in [2.05, 4.69) is 10.2 Å². The quantitative estimate of drug-likeness (QED) is 0.673. The van der Waals surface area contributed by atoms with Gasteiger partial charge in [-0.2, -0.15) is 0 Å². The Morgan fingerprint density at radius 3 is 2.69 bits per heavy atom. The Morgan fingerprint density at radius 2 is 2.08 bits per heavy atom. The molecule has 0 spiro atoms. The summed E-state index contributed by atoms with van der Waals surface area (Å²) < 4.78 is 0. The van der Waals surface area contributed by atoms with Crippen molar-refractivity contribution in [2.24, 2.45) is 0 Å². The monoisotopic (exact) mass is 204 g/mol. The number of nitrogens with one attached hydrogen (secondary N) is 1. The van der Waals surface area contributed by atoms with Crippen LogP contribution in [0.15, 0.2) is 0 Å². The lowest BCUT2D eigenvalue weighted by Crippen LogP contribution is -2.33. The molecule has 13 heavy (non-hydrogen) atoms. The molecule has 1 aliphatic heterocycles. The SMILES string of the molecule is O=C(CCCl)NCCN1CCCC1. The molecule has 0 aromatic rings. The Bertz CT molecular complexity index is 158. The van der Waals surface area contributed by atoms with E-state index in [4.69, 9.17) is 11.6 Å². The molecule has 1 aliphatic rings. The fourth-order valence-electron chi connectivity index (χ4n) is 1.53. The molecule has 0 saturated carbocycles. The molecule has 0 aliphatic carbocycles. The highest BCUT2D eigenvalue weighted by molar-refractivity contribution is 6.18. The van der Waals surface area contributed by atoms with Crippen molar-refractivity contribution in [1.82, 2.24) is 10.2 Å². The Hall–Kier alpha value is -0.280. The van der Waals surface area contributed by atoms with Crippen LogP contribution in [-0.2, 0) is 4.79 Å². The predicted octanol–water partition coefficient (Wildman–Crippen LogP) is 0.827. The van der Waals surface area contributed by atoms with Crippen LogP contribution in [0.4, 0.5) is 0 Å². The van der Waals surface area contributed by atoms with Crippen molar-refractivity contribution < 1.29 is 4.79 Å².